The number of likely N-dealkylation sites (N-methyl/N-ethyl adjacent to an activating group) is 1. The van der Waals surface area contributed by atoms with E-state index in [1.54, 1.807) is 18.0 Å². The van der Waals surface area contributed by atoms with Crippen molar-refractivity contribution < 1.29 is 4.79 Å². The molecule has 0 bridgehead atoms. The number of hydrogen-bond donors (Lipinski definition) is 2. The number of rotatable bonds is 1. The van der Waals surface area contributed by atoms with Crippen molar-refractivity contribution >= 4 is 17.4 Å². The molecule has 1 aliphatic heterocycles. The number of fused-ring (bicyclic) bond motifs is 1. The molecule has 0 aliphatic carbocycles. The van der Waals surface area contributed by atoms with Crippen molar-refractivity contribution in [3.8, 4) is 0 Å². The lowest BCUT2D eigenvalue weighted by Gasteiger charge is -2.16. The zero-order chi connectivity index (χ0) is 12.1. The maximum atomic E-state index is 12.0. The first-order chi connectivity index (χ1) is 7.35. The Kier molecular flexibility index (Phi) is 2.05. The highest BCUT2D eigenvalue weighted by molar-refractivity contribution is 6.08. The molecule has 0 unspecified atom stereocenters. The van der Waals surface area contributed by atoms with Gasteiger partial charge in [-0.25, -0.2) is 0 Å². The maximum absolute atomic E-state index is 12.0. The molecule has 0 saturated carbocycles. The van der Waals surface area contributed by atoms with Crippen LogP contribution >= 0.6 is 0 Å². The Bertz CT molecular complexity index is 491. The summed E-state index contributed by atoms with van der Waals surface area (Å²) < 4.78 is 0. The predicted molar refractivity (Wildman–Crippen MR) is 63.9 cm³/mol. The van der Waals surface area contributed by atoms with Crippen LogP contribution in [0.3, 0.4) is 0 Å². The van der Waals surface area contributed by atoms with Gasteiger partial charge in [-0.2, -0.15) is 0 Å². The van der Waals surface area contributed by atoms with Crippen molar-refractivity contribution in [3.63, 3.8) is 0 Å². The molecule has 0 aromatic heterocycles. The van der Waals surface area contributed by atoms with Gasteiger partial charge >= 0.3 is 0 Å². The monoisotopic (exact) mass is 217 g/mol. The Hall–Kier alpha value is -1.84. The number of nitrogens with one attached hydrogen (secondary N) is 1. The van der Waals surface area contributed by atoms with Crippen molar-refractivity contribution in [1.82, 2.24) is 0 Å². The van der Waals surface area contributed by atoms with E-state index in [1.807, 2.05) is 26.0 Å². The third-order valence-corrected chi connectivity index (χ3v) is 3.18. The minimum absolute atomic E-state index is 0.0283. The second kappa shape index (κ2) is 3.07. The molecule has 4 nitrogen and oxygen atoms in total. The minimum Gasteiger partial charge on any atom is -0.384 e. The fourth-order valence-corrected chi connectivity index (χ4v) is 2.14. The summed E-state index contributed by atoms with van der Waals surface area (Å²) in [7, 11) is 1.77. The lowest BCUT2D eigenvalue weighted by Crippen LogP contribution is -2.33. The highest BCUT2D eigenvalue weighted by atomic mass is 16.2. The summed E-state index contributed by atoms with van der Waals surface area (Å²) in [5.74, 6) is 0.101. The molecule has 84 valence electrons. The molecule has 1 aliphatic rings. The van der Waals surface area contributed by atoms with Gasteiger partial charge in [0.05, 0.1) is 5.41 Å². The Morgan fingerprint density at radius 3 is 2.62 bits per heavy atom. The standard InChI is InChI=1S/C12H15N3O/c1-12(2)8-6-7(10(13)14)4-5-9(8)15(3)11(12)16/h4-6H,1-3H3,(H3,13,14). The van der Waals surface area contributed by atoms with Gasteiger partial charge in [-0.3, -0.25) is 10.2 Å². The van der Waals surface area contributed by atoms with Crippen molar-refractivity contribution in [2.75, 3.05) is 11.9 Å². The Labute approximate surface area is 94.6 Å². The average molecular weight is 217 g/mol. The minimum atomic E-state index is -0.532. The number of nitrogens with two attached hydrogens (primary N) is 1. The number of carbonyl (C=O) groups excluding carboxylic acids is 1. The molecule has 4 heteroatoms. The Morgan fingerprint density at radius 1 is 1.44 bits per heavy atom. The molecular formula is C12H15N3O. The van der Waals surface area contributed by atoms with E-state index in [9.17, 15) is 4.79 Å². The van der Waals surface area contributed by atoms with Crippen molar-refractivity contribution in [1.29, 1.82) is 5.41 Å². The van der Waals surface area contributed by atoms with Gasteiger partial charge in [0.15, 0.2) is 0 Å². The number of benzene rings is 1. The van der Waals surface area contributed by atoms with E-state index in [-0.39, 0.29) is 11.7 Å². The molecule has 16 heavy (non-hydrogen) atoms. The predicted octanol–water partition coefficient (Wildman–Crippen LogP) is 1.22. The van der Waals surface area contributed by atoms with Crippen LogP contribution in [0.2, 0.25) is 0 Å². The van der Waals surface area contributed by atoms with Gasteiger partial charge in [-0.1, -0.05) is 0 Å². The van der Waals surface area contributed by atoms with Crippen LogP contribution in [-0.4, -0.2) is 18.8 Å². The van der Waals surface area contributed by atoms with Crippen LogP contribution in [0.4, 0.5) is 5.69 Å². The number of amides is 1. The number of hydrogen-bond acceptors (Lipinski definition) is 2. The van der Waals surface area contributed by atoms with Crippen LogP contribution in [-0.2, 0) is 10.2 Å². The molecular weight excluding hydrogens is 202 g/mol. The molecule has 1 amide bonds. The molecule has 1 aromatic rings. The number of carbonyl (C=O) groups is 1. The zero-order valence-corrected chi connectivity index (χ0v) is 9.66. The largest absolute Gasteiger partial charge is 0.384 e. The molecule has 0 fully saturated rings. The summed E-state index contributed by atoms with van der Waals surface area (Å²) in [5, 5.41) is 7.41. The van der Waals surface area contributed by atoms with Crippen LogP contribution in [0, 0.1) is 5.41 Å². The lowest BCUT2D eigenvalue weighted by atomic mass is 9.85. The molecule has 0 atom stereocenters. The van der Waals surface area contributed by atoms with Crippen molar-refractivity contribution in [2.24, 2.45) is 5.73 Å². The van der Waals surface area contributed by atoms with Crippen molar-refractivity contribution in [3.05, 3.63) is 29.3 Å². The van der Waals surface area contributed by atoms with Crippen LogP contribution in [0.15, 0.2) is 18.2 Å². The summed E-state index contributed by atoms with van der Waals surface area (Å²) in [4.78, 5) is 13.7. The van der Waals surface area contributed by atoms with Crippen LogP contribution < -0.4 is 10.6 Å². The van der Waals surface area contributed by atoms with E-state index in [1.165, 1.54) is 0 Å². The first-order valence-corrected chi connectivity index (χ1v) is 5.13. The first-order valence-electron chi connectivity index (χ1n) is 5.13. The van der Waals surface area contributed by atoms with E-state index in [4.69, 9.17) is 11.1 Å². The third-order valence-electron chi connectivity index (χ3n) is 3.18. The number of anilines is 1. The second-order valence-corrected chi connectivity index (χ2v) is 4.63. The summed E-state index contributed by atoms with van der Waals surface area (Å²) in [6.07, 6.45) is 0. The number of nitrogens with zero attached hydrogens (tertiary/aromatic N) is 1. The number of nitrogen functional groups attached to an aromatic ring is 1. The van der Waals surface area contributed by atoms with Crippen LogP contribution in [0.25, 0.3) is 0 Å². The van der Waals surface area contributed by atoms with Gasteiger partial charge in [-0.15, -0.1) is 0 Å². The topological polar surface area (TPSA) is 70.2 Å². The lowest BCUT2D eigenvalue weighted by molar-refractivity contribution is -0.121. The van der Waals surface area contributed by atoms with E-state index in [0.29, 0.717) is 5.56 Å². The van der Waals surface area contributed by atoms with Crippen molar-refractivity contribution in [2.45, 2.75) is 19.3 Å². The Morgan fingerprint density at radius 2 is 2.06 bits per heavy atom. The molecule has 1 heterocycles. The third kappa shape index (κ3) is 1.23. The second-order valence-electron chi connectivity index (χ2n) is 4.63. The van der Waals surface area contributed by atoms with Gasteiger partial charge in [0.2, 0.25) is 5.91 Å². The first kappa shape index (κ1) is 10.7. The Balaban J connectivity index is 2.65. The summed E-state index contributed by atoms with van der Waals surface area (Å²) >= 11 is 0. The molecule has 3 N–H and O–H groups in total. The summed E-state index contributed by atoms with van der Waals surface area (Å²) in [6.45, 7) is 3.78. The normalized spacial score (nSPS) is 17.4. The van der Waals surface area contributed by atoms with E-state index >= 15 is 0 Å². The molecule has 0 radical (unpaired) electrons. The fourth-order valence-electron chi connectivity index (χ4n) is 2.14. The van der Waals surface area contributed by atoms with E-state index in [0.717, 1.165) is 11.3 Å². The van der Waals surface area contributed by atoms with Gasteiger partial charge in [0, 0.05) is 18.3 Å². The van der Waals surface area contributed by atoms with E-state index in [2.05, 4.69) is 0 Å². The fraction of sp³-hybridized carbons (Fsp3) is 0.333. The summed E-state index contributed by atoms with van der Waals surface area (Å²) in [5.41, 5.74) is 7.42. The molecule has 1 aromatic carbocycles. The maximum Gasteiger partial charge on any atom is 0.236 e. The highest BCUT2D eigenvalue weighted by Gasteiger charge is 2.42. The average Bonchev–Trinajstić information content (AvgIpc) is 2.40. The zero-order valence-electron chi connectivity index (χ0n) is 9.66. The van der Waals surface area contributed by atoms with E-state index < -0.39 is 5.41 Å². The molecule has 0 spiro atoms. The molecule has 0 saturated heterocycles. The van der Waals surface area contributed by atoms with Gasteiger partial charge < -0.3 is 10.6 Å². The quantitative estimate of drug-likeness (QED) is 0.548. The molecule has 2 rings (SSSR count). The van der Waals surface area contributed by atoms with Gasteiger partial charge in [0.1, 0.15) is 5.84 Å². The smallest absolute Gasteiger partial charge is 0.236 e. The SMILES string of the molecule is CN1C(=O)C(C)(C)c2cc(C(=N)N)ccc21. The highest BCUT2D eigenvalue weighted by Crippen LogP contribution is 2.40. The van der Waals surface area contributed by atoms with Crippen LogP contribution in [0.1, 0.15) is 25.0 Å². The number of amidine groups is 1. The summed E-state index contributed by atoms with van der Waals surface area (Å²) in [6, 6.07) is 5.45. The van der Waals surface area contributed by atoms with Gasteiger partial charge in [0.25, 0.3) is 0 Å². The van der Waals surface area contributed by atoms with Gasteiger partial charge in [-0.05, 0) is 37.6 Å². The van der Waals surface area contributed by atoms with Crippen LogP contribution in [0.5, 0.6) is 0 Å².